The lowest BCUT2D eigenvalue weighted by Gasteiger charge is -2.33. The monoisotopic (exact) mass is 463 g/mol. The molecule has 1 aliphatic carbocycles. The van der Waals surface area contributed by atoms with E-state index >= 15 is 0 Å². The number of nitrogens with one attached hydrogen (secondary N) is 2. The maximum atomic E-state index is 13.5. The average Bonchev–Trinajstić information content (AvgIpc) is 2.83. The van der Waals surface area contributed by atoms with Gasteiger partial charge in [-0.2, -0.15) is 5.26 Å². The van der Waals surface area contributed by atoms with Crippen molar-refractivity contribution in [3.8, 4) is 11.8 Å². The summed E-state index contributed by atoms with van der Waals surface area (Å²) in [7, 11) is 1.53. The number of amides is 1. The van der Waals surface area contributed by atoms with Gasteiger partial charge >= 0.3 is 0 Å². The van der Waals surface area contributed by atoms with E-state index in [1.54, 1.807) is 30.3 Å². The number of hydrogen-bond donors (Lipinski definition) is 2. The topological polar surface area (TPSA) is 91.2 Å². The Morgan fingerprint density at radius 1 is 1.24 bits per heavy atom. The van der Waals surface area contributed by atoms with Crippen molar-refractivity contribution in [2.24, 2.45) is 0 Å². The number of hydrogen-bond acceptors (Lipinski definition) is 6. The van der Waals surface area contributed by atoms with Crippen LogP contribution in [0, 0.1) is 17.1 Å². The number of dihydropyridines is 1. The van der Waals surface area contributed by atoms with Crippen LogP contribution in [0.2, 0.25) is 0 Å². The number of ketones is 1. The average molecular weight is 464 g/mol. The number of methoxy groups -OCH3 is 1. The van der Waals surface area contributed by atoms with Crippen LogP contribution < -0.4 is 15.4 Å². The van der Waals surface area contributed by atoms with E-state index in [0.717, 1.165) is 12.1 Å². The van der Waals surface area contributed by atoms with Crippen molar-refractivity contribution in [2.45, 2.75) is 25.2 Å². The van der Waals surface area contributed by atoms with Crippen LogP contribution in [0.15, 0.2) is 70.4 Å². The zero-order chi connectivity index (χ0) is 23.4. The van der Waals surface area contributed by atoms with E-state index in [2.05, 4.69) is 16.7 Å². The van der Waals surface area contributed by atoms with Crippen LogP contribution >= 0.6 is 11.8 Å². The SMILES string of the molecule is COc1ccccc1NC(=O)CSC1=C(C#N)[C@H](c2ccc(F)cc2)C2=C(CCCC2=O)N1. The maximum Gasteiger partial charge on any atom is 0.234 e. The second-order valence-electron chi connectivity index (χ2n) is 7.67. The van der Waals surface area contributed by atoms with Gasteiger partial charge in [0.1, 0.15) is 11.6 Å². The second kappa shape index (κ2) is 9.92. The summed E-state index contributed by atoms with van der Waals surface area (Å²) in [5.41, 5.74) is 2.92. The molecule has 4 rings (SSSR count). The minimum absolute atomic E-state index is 0.0104. The van der Waals surface area contributed by atoms with Gasteiger partial charge in [-0.25, -0.2) is 4.39 Å². The summed E-state index contributed by atoms with van der Waals surface area (Å²) in [6, 6.07) is 15.2. The second-order valence-corrected chi connectivity index (χ2v) is 8.66. The van der Waals surface area contributed by atoms with Crippen LogP contribution in [0.25, 0.3) is 0 Å². The van der Waals surface area contributed by atoms with E-state index in [9.17, 15) is 19.2 Å². The van der Waals surface area contributed by atoms with Crippen molar-refractivity contribution in [3.05, 3.63) is 81.8 Å². The molecular formula is C25H22FN3O3S. The first kappa shape index (κ1) is 22.6. The lowest BCUT2D eigenvalue weighted by Crippen LogP contribution is -2.31. The number of carbonyl (C=O) groups excluding carboxylic acids is 2. The molecule has 1 atom stereocenters. The predicted molar refractivity (Wildman–Crippen MR) is 125 cm³/mol. The molecule has 33 heavy (non-hydrogen) atoms. The molecule has 2 aliphatic rings. The predicted octanol–water partition coefficient (Wildman–Crippen LogP) is 4.64. The van der Waals surface area contributed by atoms with E-state index in [4.69, 9.17) is 4.74 Å². The van der Waals surface area contributed by atoms with Gasteiger partial charge < -0.3 is 15.4 Å². The quantitative estimate of drug-likeness (QED) is 0.649. The minimum Gasteiger partial charge on any atom is -0.495 e. The number of carbonyl (C=O) groups is 2. The van der Waals surface area contributed by atoms with Gasteiger partial charge in [0, 0.05) is 17.7 Å². The summed E-state index contributed by atoms with van der Waals surface area (Å²) in [6.07, 6.45) is 1.81. The van der Waals surface area contributed by atoms with Crippen LogP contribution in [0.4, 0.5) is 10.1 Å². The molecule has 1 heterocycles. The molecule has 2 aromatic carbocycles. The van der Waals surface area contributed by atoms with Crippen molar-refractivity contribution in [1.29, 1.82) is 5.26 Å². The van der Waals surface area contributed by atoms with Crippen molar-refractivity contribution in [1.82, 2.24) is 5.32 Å². The van der Waals surface area contributed by atoms with E-state index in [0.29, 0.717) is 46.0 Å². The highest BCUT2D eigenvalue weighted by atomic mass is 32.2. The first-order valence-corrected chi connectivity index (χ1v) is 11.5. The molecule has 0 bridgehead atoms. The van der Waals surface area contributed by atoms with Crippen molar-refractivity contribution < 1.29 is 18.7 Å². The molecule has 1 aliphatic heterocycles. The molecule has 1 amide bonds. The van der Waals surface area contributed by atoms with Crippen LogP contribution in [-0.4, -0.2) is 24.6 Å². The van der Waals surface area contributed by atoms with Crippen LogP contribution in [0.3, 0.4) is 0 Å². The third-order valence-electron chi connectivity index (χ3n) is 5.59. The number of para-hydroxylation sites is 2. The van der Waals surface area contributed by atoms with Gasteiger partial charge in [-0.1, -0.05) is 36.0 Å². The first-order valence-electron chi connectivity index (χ1n) is 10.5. The van der Waals surface area contributed by atoms with E-state index in [1.165, 1.54) is 31.0 Å². The Kier molecular flexibility index (Phi) is 6.80. The molecule has 0 saturated carbocycles. The molecule has 0 aromatic heterocycles. The highest BCUT2D eigenvalue weighted by Gasteiger charge is 2.37. The number of ether oxygens (including phenoxy) is 1. The minimum atomic E-state index is -0.584. The number of halogens is 1. The molecule has 2 aromatic rings. The third-order valence-corrected chi connectivity index (χ3v) is 6.61. The molecular weight excluding hydrogens is 441 g/mol. The summed E-state index contributed by atoms with van der Waals surface area (Å²) >= 11 is 1.20. The number of nitrogens with zero attached hydrogens (tertiary/aromatic N) is 1. The Labute approximate surface area is 195 Å². The van der Waals surface area contributed by atoms with Gasteiger partial charge in [-0.05, 0) is 42.7 Å². The highest BCUT2D eigenvalue weighted by molar-refractivity contribution is 8.03. The zero-order valence-electron chi connectivity index (χ0n) is 18.0. The summed E-state index contributed by atoms with van der Waals surface area (Å²) in [4.78, 5) is 25.4. The first-order chi connectivity index (χ1) is 16.0. The van der Waals surface area contributed by atoms with Gasteiger partial charge in [0.2, 0.25) is 5.91 Å². The Bertz CT molecular complexity index is 1200. The van der Waals surface area contributed by atoms with Crippen LogP contribution in [-0.2, 0) is 9.59 Å². The van der Waals surface area contributed by atoms with Crippen LogP contribution in [0.5, 0.6) is 5.75 Å². The lowest BCUT2D eigenvalue weighted by atomic mass is 9.77. The lowest BCUT2D eigenvalue weighted by molar-refractivity contribution is -0.116. The summed E-state index contributed by atoms with van der Waals surface area (Å²) in [5, 5.41) is 16.6. The normalized spacial score (nSPS) is 17.7. The van der Waals surface area contributed by atoms with Gasteiger partial charge in [-0.3, -0.25) is 9.59 Å². The van der Waals surface area contributed by atoms with E-state index in [-0.39, 0.29) is 23.3 Å². The number of benzene rings is 2. The van der Waals surface area contributed by atoms with Crippen molar-refractivity contribution >= 4 is 29.1 Å². The van der Waals surface area contributed by atoms with Gasteiger partial charge in [0.15, 0.2) is 5.78 Å². The number of anilines is 1. The summed E-state index contributed by atoms with van der Waals surface area (Å²) in [6.45, 7) is 0. The molecule has 0 unspecified atom stereocenters. The van der Waals surface area contributed by atoms with Gasteiger partial charge in [-0.15, -0.1) is 0 Å². The Morgan fingerprint density at radius 2 is 2.00 bits per heavy atom. The van der Waals surface area contributed by atoms with Crippen molar-refractivity contribution in [2.75, 3.05) is 18.2 Å². The molecule has 8 heteroatoms. The molecule has 6 nitrogen and oxygen atoms in total. The molecule has 0 radical (unpaired) electrons. The third kappa shape index (κ3) is 4.78. The summed E-state index contributed by atoms with van der Waals surface area (Å²) < 4.78 is 18.8. The highest BCUT2D eigenvalue weighted by Crippen LogP contribution is 2.44. The molecule has 2 N–H and O–H groups in total. The maximum absolute atomic E-state index is 13.5. The van der Waals surface area contributed by atoms with Crippen LogP contribution in [0.1, 0.15) is 30.7 Å². The van der Waals surface area contributed by atoms with Crippen molar-refractivity contribution in [3.63, 3.8) is 0 Å². The Morgan fingerprint density at radius 3 is 2.73 bits per heavy atom. The Hall–Kier alpha value is -3.57. The van der Waals surface area contributed by atoms with E-state index in [1.807, 2.05) is 6.07 Å². The summed E-state index contributed by atoms with van der Waals surface area (Å²) in [5.74, 6) is -0.632. The van der Waals surface area contributed by atoms with E-state index < -0.39 is 5.92 Å². The molecule has 0 saturated heterocycles. The number of nitriles is 1. The molecule has 0 fully saturated rings. The standard InChI is InChI=1S/C25H22FN3O3S/c1-32-21-8-3-2-5-18(21)28-22(31)14-33-25-17(13-27)23(15-9-11-16(26)12-10-15)24-19(29-25)6-4-7-20(24)30/h2-3,5,8-12,23,29H,4,6-7,14H2,1H3,(H,28,31)/t23-/m0/s1. The molecule has 168 valence electrons. The number of rotatable bonds is 6. The van der Waals surface area contributed by atoms with Gasteiger partial charge in [0.25, 0.3) is 0 Å². The molecule has 0 spiro atoms. The number of allylic oxidation sites excluding steroid dienone is 3. The fourth-order valence-electron chi connectivity index (χ4n) is 4.10. The number of Topliss-reactive ketones (excluding diaryl/α,β-unsaturated/α-hetero) is 1. The Balaban J connectivity index is 1.61. The fraction of sp³-hybridized carbons (Fsp3) is 0.240. The van der Waals surface area contributed by atoms with Gasteiger partial charge in [0.05, 0.1) is 41.1 Å². The number of thioether (sulfide) groups is 1. The smallest absolute Gasteiger partial charge is 0.234 e. The largest absolute Gasteiger partial charge is 0.495 e. The fourth-order valence-corrected chi connectivity index (χ4v) is 4.96. The zero-order valence-corrected chi connectivity index (χ0v) is 18.8.